The molecule has 6 fully saturated rings. The fourth-order valence-electron chi connectivity index (χ4n) is 11.3. The van der Waals surface area contributed by atoms with Crippen LogP contribution in [0.5, 0.6) is 0 Å². The van der Waals surface area contributed by atoms with E-state index in [2.05, 4.69) is 31.4 Å². The Kier molecular flexibility index (Phi) is 8.70. The van der Waals surface area contributed by atoms with Crippen molar-refractivity contribution in [3.63, 3.8) is 0 Å². The zero-order valence-electron chi connectivity index (χ0n) is 24.7. The average Bonchev–Trinajstić information content (AvgIpc) is 3.48. The van der Waals surface area contributed by atoms with Gasteiger partial charge < -0.3 is 36.0 Å². The Labute approximate surface area is 247 Å². The van der Waals surface area contributed by atoms with Crippen LogP contribution in [-0.2, 0) is 14.3 Å². The van der Waals surface area contributed by atoms with E-state index >= 15 is 0 Å². The second-order valence-electron chi connectivity index (χ2n) is 14.6. The van der Waals surface area contributed by atoms with Gasteiger partial charge in [-0.1, -0.05) is 20.4 Å². The van der Waals surface area contributed by atoms with E-state index in [1.807, 2.05) is 0 Å². The Balaban J connectivity index is 0.00000308. The number of carbonyl (C=O) groups excluding carboxylic acids is 1. The van der Waals surface area contributed by atoms with Crippen LogP contribution in [0.4, 0.5) is 0 Å². The van der Waals surface area contributed by atoms with Gasteiger partial charge in [0.05, 0.1) is 39.0 Å². The highest BCUT2D eigenvalue weighted by atomic mass is 79.9. The molecule has 10 atom stereocenters. The maximum absolute atomic E-state index is 12.5. The number of hydrogen-bond donors (Lipinski definition) is 1. The number of ether oxygens (including phenoxy) is 2. The lowest BCUT2D eigenvalue weighted by Crippen LogP contribution is -3.00. The van der Waals surface area contributed by atoms with Crippen LogP contribution in [0.3, 0.4) is 0 Å². The standard InChI is InChI=1S/C32H53N2O4.BrH/c1-5-14-34(15-6-7-16-34)28-20-26-24-9-8-23-19-29(36)27(33-12-17-37-18-13-33)21-32(23,4)25(24)10-11-31(26,3)30(28)38-22(2)35;/h5,23-30,36H,1,6-21H2,2-4H3;1H/q+1;/p-1/t23-,24?,25?,26?,27-,28-,29-,30-,31-,32-;/m0./s1. The second kappa shape index (κ2) is 11.3. The molecule has 6 aliphatic rings. The van der Waals surface area contributed by atoms with Crippen molar-refractivity contribution in [3.8, 4) is 0 Å². The van der Waals surface area contributed by atoms with Gasteiger partial charge in [0.2, 0.25) is 0 Å². The summed E-state index contributed by atoms with van der Waals surface area (Å²) in [4.78, 5) is 15.0. The fourth-order valence-corrected chi connectivity index (χ4v) is 11.3. The topological polar surface area (TPSA) is 59.0 Å². The molecule has 39 heavy (non-hydrogen) atoms. The zero-order valence-corrected chi connectivity index (χ0v) is 26.2. The highest BCUT2D eigenvalue weighted by Crippen LogP contribution is 2.67. The maximum atomic E-state index is 12.5. The molecule has 1 N–H and O–H groups in total. The minimum Gasteiger partial charge on any atom is -1.00 e. The fraction of sp³-hybridized carbons (Fsp3) is 0.906. The molecule has 4 saturated carbocycles. The normalized spacial score (nSPS) is 47.3. The number of morpholine rings is 1. The number of aliphatic hydroxyl groups excluding tert-OH is 1. The number of nitrogens with zero attached hydrogens (tertiary/aromatic N) is 2. The molecule has 7 heteroatoms. The van der Waals surface area contributed by atoms with Gasteiger partial charge in [-0.15, -0.1) is 0 Å². The van der Waals surface area contributed by atoms with Crippen molar-refractivity contribution in [1.82, 2.24) is 4.90 Å². The molecule has 0 aromatic rings. The summed E-state index contributed by atoms with van der Waals surface area (Å²) >= 11 is 0. The Morgan fingerprint density at radius 2 is 1.82 bits per heavy atom. The van der Waals surface area contributed by atoms with E-state index in [4.69, 9.17) is 9.47 Å². The van der Waals surface area contributed by atoms with Crippen LogP contribution in [0.2, 0.25) is 0 Å². The zero-order chi connectivity index (χ0) is 26.7. The van der Waals surface area contributed by atoms with E-state index in [9.17, 15) is 9.90 Å². The van der Waals surface area contributed by atoms with Crippen LogP contribution in [0, 0.1) is 34.5 Å². The van der Waals surface area contributed by atoms with Gasteiger partial charge in [-0.05, 0) is 73.7 Å². The third-order valence-corrected chi connectivity index (χ3v) is 13.1. The van der Waals surface area contributed by atoms with Crippen LogP contribution >= 0.6 is 0 Å². The van der Waals surface area contributed by atoms with Gasteiger partial charge in [0.25, 0.3) is 0 Å². The lowest BCUT2D eigenvalue weighted by atomic mass is 9.44. The van der Waals surface area contributed by atoms with Crippen LogP contribution in [0.1, 0.15) is 78.6 Å². The van der Waals surface area contributed by atoms with Gasteiger partial charge in [0.15, 0.2) is 6.10 Å². The lowest BCUT2D eigenvalue weighted by molar-refractivity contribution is -0.937. The first-order valence-electron chi connectivity index (χ1n) is 15.9. The van der Waals surface area contributed by atoms with E-state index in [0.29, 0.717) is 29.7 Å². The van der Waals surface area contributed by atoms with Crippen LogP contribution < -0.4 is 17.0 Å². The first-order valence-corrected chi connectivity index (χ1v) is 15.9. The molecule has 6 nitrogen and oxygen atoms in total. The number of rotatable bonds is 5. The summed E-state index contributed by atoms with van der Waals surface area (Å²) in [7, 11) is 0. The van der Waals surface area contributed by atoms with Crippen LogP contribution in [0.25, 0.3) is 0 Å². The summed E-state index contributed by atoms with van der Waals surface area (Å²) in [6.07, 6.45) is 12.7. The smallest absolute Gasteiger partial charge is 0.303 e. The van der Waals surface area contributed by atoms with E-state index in [0.717, 1.165) is 56.6 Å². The largest absolute Gasteiger partial charge is 1.00 e. The number of fused-ring (bicyclic) bond motifs is 5. The average molecular weight is 610 g/mol. The molecule has 0 aromatic heterocycles. The van der Waals surface area contributed by atoms with Gasteiger partial charge in [0, 0.05) is 50.7 Å². The number of esters is 1. The lowest BCUT2D eigenvalue weighted by Gasteiger charge is -2.62. The van der Waals surface area contributed by atoms with E-state index in [-0.39, 0.29) is 52.0 Å². The number of likely N-dealkylation sites (tertiary alicyclic amines) is 1. The third kappa shape index (κ3) is 4.88. The van der Waals surface area contributed by atoms with Crippen molar-refractivity contribution in [2.75, 3.05) is 45.9 Å². The molecule has 0 bridgehead atoms. The number of quaternary nitrogens is 1. The molecule has 2 heterocycles. The van der Waals surface area contributed by atoms with Crippen molar-refractivity contribution in [2.45, 2.75) is 103 Å². The molecule has 2 saturated heterocycles. The Bertz CT molecular complexity index is 905. The summed E-state index contributed by atoms with van der Waals surface area (Å²) in [5.74, 6) is 2.54. The third-order valence-electron chi connectivity index (χ3n) is 13.1. The molecule has 6 rings (SSSR count). The molecular formula is C32H53BrN2O4. The second-order valence-corrected chi connectivity index (χ2v) is 14.6. The molecule has 0 radical (unpaired) electrons. The van der Waals surface area contributed by atoms with E-state index in [1.165, 1.54) is 51.6 Å². The number of carbonyl (C=O) groups is 1. The van der Waals surface area contributed by atoms with Crippen molar-refractivity contribution in [3.05, 3.63) is 12.7 Å². The Morgan fingerprint density at radius 3 is 2.49 bits per heavy atom. The van der Waals surface area contributed by atoms with E-state index < -0.39 is 0 Å². The van der Waals surface area contributed by atoms with Crippen LogP contribution in [-0.4, -0.2) is 90.7 Å². The van der Waals surface area contributed by atoms with Gasteiger partial charge in [0.1, 0.15) is 6.04 Å². The molecule has 0 amide bonds. The molecule has 222 valence electrons. The van der Waals surface area contributed by atoms with Gasteiger partial charge in [-0.25, -0.2) is 0 Å². The molecule has 0 aromatic carbocycles. The Hall–Kier alpha value is -0.470. The molecular weight excluding hydrogens is 556 g/mol. The van der Waals surface area contributed by atoms with Crippen LogP contribution in [0.15, 0.2) is 12.7 Å². The van der Waals surface area contributed by atoms with Gasteiger partial charge in [-0.2, -0.15) is 0 Å². The Morgan fingerprint density at radius 1 is 1.10 bits per heavy atom. The van der Waals surface area contributed by atoms with Crippen molar-refractivity contribution < 1.29 is 40.8 Å². The SMILES string of the molecule is C=CC[N+]1([C@H]2CC3C4CC[C@H]5C[C@H](O)[C@@H](N6CCOCC6)C[C@]5(C)C4CC[C@]3(C)[C@H]2OC(C)=O)CCCC1.[Br-]. The monoisotopic (exact) mass is 608 g/mol. The maximum Gasteiger partial charge on any atom is 0.303 e. The first kappa shape index (κ1) is 30.0. The number of aliphatic hydroxyl groups is 1. The summed E-state index contributed by atoms with van der Waals surface area (Å²) < 4.78 is 13.1. The predicted octanol–water partition coefficient (Wildman–Crippen LogP) is 1.41. The highest BCUT2D eigenvalue weighted by molar-refractivity contribution is 5.66. The predicted molar refractivity (Wildman–Crippen MR) is 148 cm³/mol. The molecule has 2 aliphatic heterocycles. The summed E-state index contributed by atoms with van der Waals surface area (Å²) in [5.41, 5.74) is 0.343. The summed E-state index contributed by atoms with van der Waals surface area (Å²) in [6, 6.07) is 0.663. The van der Waals surface area contributed by atoms with Gasteiger partial charge >= 0.3 is 5.97 Å². The quantitative estimate of drug-likeness (QED) is 0.291. The highest BCUT2D eigenvalue weighted by Gasteiger charge is 2.67. The molecule has 3 unspecified atom stereocenters. The summed E-state index contributed by atoms with van der Waals surface area (Å²) in [5, 5.41) is 11.3. The minimum atomic E-state index is -0.209. The number of halogens is 1. The van der Waals surface area contributed by atoms with Gasteiger partial charge in [-0.3, -0.25) is 9.69 Å². The first-order chi connectivity index (χ1) is 18.2. The van der Waals surface area contributed by atoms with E-state index in [1.54, 1.807) is 6.92 Å². The number of hydrogen-bond acceptors (Lipinski definition) is 5. The molecule has 0 spiro atoms. The molecule has 4 aliphatic carbocycles. The minimum absolute atomic E-state index is 0. The van der Waals surface area contributed by atoms with Crippen molar-refractivity contribution >= 4 is 5.97 Å². The van der Waals surface area contributed by atoms with Crippen molar-refractivity contribution in [1.29, 1.82) is 0 Å². The van der Waals surface area contributed by atoms with Crippen molar-refractivity contribution in [2.24, 2.45) is 34.5 Å². The summed E-state index contributed by atoms with van der Waals surface area (Å²) in [6.45, 7) is 17.7.